The molecule has 0 aliphatic heterocycles. The lowest BCUT2D eigenvalue weighted by atomic mass is 9.87. The van der Waals surface area contributed by atoms with Gasteiger partial charge in [0, 0.05) is 13.0 Å². The number of fused-ring (bicyclic) bond motifs is 1. The molecule has 200 valence electrons. The van der Waals surface area contributed by atoms with E-state index >= 15 is 0 Å². The van der Waals surface area contributed by atoms with Gasteiger partial charge in [0.15, 0.2) is 0 Å². The Hall–Kier alpha value is -2.49. The van der Waals surface area contributed by atoms with Crippen molar-refractivity contribution in [3.63, 3.8) is 0 Å². The van der Waals surface area contributed by atoms with E-state index in [2.05, 4.69) is 5.32 Å². The molecule has 0 aromatic heterocycles. The highest BCUT2D eigenvalue weighted by Gasteiger charge is 2.42. The molecule has 0 amide bonds. The minimum Gasteiger partial charge on any atom is -0.490 e. The number of halogens is 6. The number of nitrogens with one attached hydrogen (secondary N) is 1. The summed E-state index contributed by atoms with van der Waals surface area (Å²) in [6.45, 7) is 1.19. The number of carboxylic acids is 1. The number of ether oxygens (including phenoxy) is 1. The molecule has 2 N–H and O–H groups in total. The van der Waals surface area contributed by atoms with Gasteiger partial charge in [-0.3, -0.25) is 4.79 Å². The van der Waals surface area contributed by atoms with Crippen LogP contribution in [-0.2, 0) is 17.5 Å². The number of carboxylic acid groups (broad SMARTS) is 1. The molecule has 0 radical (unpaired) electrons. The minimum atomic E-state index is -4.68. The fourth-order valence-electron chi connectivity index (χ4n) is 4.66. The molecule has 1 fully saturated rings. The second-order valence-electron chi connectivity index (χ2n) is 9.36. The molecule has 0 saturated heterocycles. The minimum absolute atomic E-state index is 0.00819. The zero-order valence-electron chi connectivity index (χ0n) is 19.9. The van der Waals surface area contributed by atoms with Crippen LogP contribution in [0.1, 0.15) is 68.9 Å². The molecule has 2 aromatic carbocycles. The van der Waals surface area contributed by atoms with Crippen molar-refractivity contribution in [3.8, 4) is 5.75 Å². The molecule has 0 spiro atoms. The summed E-state index contributed by atoms with van der Waals surface area (Å²) in [5.74, 6) is -2.58. The molecule has 0 heterocycles. The van der Waals surface area contributed by atoms with Crippen LogP contribution in [0.15, 0.2) is 30.3 Å². The number of carbonyl (C=O) groups is 1. The van der Waals surface area contributed by atoms with Crippen molar-refractivity contribution in [2.24, 2.45) is 5.92 Å². The van der Waals surface area contributed by atoms with Gasteiger partial charge in [-0.1, -0.05) is 31.0 Å². The van der Waals surface area contributed by atoms with Crippen LogP contribution in [0, 0.1) is 5.92 Å². The van der Waals surface area contributed by atoms with Crippen molar-refractivity contribution in [2.75, 3.05) is 6.54 Å². The van der Waals surface area contributed by atoms with E-state index in [-0.39, 0.29) is 43.2 Å². The van der Waals surface area contributed by atoms with E-state index < -0.39 is 35.9 Å². The summed E-state index contributed by atoms with van der Waals surface area (Å²) in [5.41, 5.74) is -0.0838. The summed E-state index contributed by atoms with van der Waals surface area (Å²) >= 11 is 0. The van der Waals surface area contributed by atoms with Crippen LogP contribution in [0.5, 0.6) is 5.75 Å². The topological polar surface area (TPSA) is 58.6 Å². The maximum absolute atomic E-state index is 14.0. The van der Waals surface area contributed by atoms with Crippen LogP contribution >= 0.6 is 0 Å². The Labute approximate surface area is 206 Å². The van der Waals surface area contributed by atoms with Gasteiger partial charge >= 0.3 is 18.3 Å². The van der Waals surface area contributed by atoms with Gasteiger partial charge in [-0.25, -0.2) is 0 Å². The first-order valence-corrected chi connectivity index (χ1v) is 12.2. The standard InChI is InChI=1S/C26H31F6NO3/c27-25(28,29)19-8-10-20(11-9-19)36-22-13-7-18-15-17(6-12-21(18)24(22)26(30,31)32)16-33-14-4-2-1-3-5-23(34)35/h6-7,12-13,15,19-20,33H,1-5,8-11,14,16H2,(H,34,35)/t19-,20+. The zero-order valence-corrected chi connectivity index (χ0v) is 19.9. The molecule has 3 rings (SSSR count). The van der Waals surface area contributed by atoms with Crippen LogP contribution in [0.3, 0.4) is 0 Å². The third kappa shape index (κ3) is 8.01. The van der Waals surface area contributed by atoms with Crippen molar-refractivity contribution < 1.29 is 41.0 Å². The predicted octanol–water partition coefficient (Wildman–Crippen LogP) is 7.48. The fourth-order valence-corrected chi connectivity index (χ4v) is 4.66. The third-order valence-electron chi connectivity index (χ3n) is 6.58. The normalized spacial score (nSPS) is 18.9. The number of aliphatic carboxylic acids is 1. The number of hydrogen-bond acceptors (Lipinski definition) is 3. The summed E-state index contributed by atoms with van der Waals surface area (Å²) in [5, 5.41) is 12.3. The van der Waals surface area contributed by atoms with Gasteiger partial charge in [-0.2, -0.15) is 26.3 Å². The van der Waals surface area contributed by atoms with Crippen LogP contribution in [0.2, 0.25) is 0 Å². The van der Waals surface area contributed by atoms with Crippen molar-refractivity contribution in [2.45, 2.75) is 82.8 Å². The van der Waals surface area contributed by atoms with E-state index in [1.807, 2.05) is 0 Å². The second kappa shape index (κ2) is 12.2. The fraction of sp³-hybridized carbons (Fsp3) is 0.577. The molecule has 10 heteroatoms. The van der Waals surface area contributed by atoms with Crippen molar-refractivity contribution >= 4 is 16.7 Å². The molecule has 0 atom stereocenters. The number of unbranched alkanes of at least 4 members (excludes halogenated alkanes) is 3. The average Bonchev–Trinajstić information content (AvgIpc) is 2.79. The SMILES string of the molecule is O=C(O)CCCCCCNCc1ccc2c(C(F)(F)F)c(O[C@H]3CC[C@@H](C(F)(F)F)CC3)ccc2c1. The Bertz CT molecular complexity index is 1010. The molecule has 0 unspecified atom stereocenters. The molecule has 0 bridgehead atoms. The predicted molar refractivity (Wildman–Crippen MR) is 124 cm³/mol. The highest BCUT2D eigenvalue weighted by Crippen LogP contribution is 2.44. The molecule has 1 aliphatic carbocycles. The lowest BCUT2D eigenvalue weighted by Gasteiger charge is -2.31. The van der Waals surface area contributed by atoms with E-state index in [0.29, 0.717) is 24.9 Å². The van der Waals surface area contributed by atoms with Gasteiger partial charge in [-0.15, -0.1) is 0 Å². The summed E-state index contributed by atoms with van der Waals surface area (Å²) < 4.78 is 86.3. The monoisotopic (exact) mass is 519 g/mol. The first-order valence-electron chi connectivity index (χ1n) is 12.2. The zero-order chi connectivity index (χ0) is 26.3. The van der Waals surface area contributed by atoms with E-state index in [9.17, 15) is 31.1 Å². The molecular formula is C26H31F6NO3. The Kier molecular flexibility index (Phi) is 9.49. The van der Waals surface area contributed by atoms with E-state index in [0.717, 1.165) is 24.8 Å². The molecule has 36 heavy (non-hydrogen) atoms. The number of alkyl halides is 6. The maximum atomic E-state index is 14.0. The summed E-state index contributed by atoms with van der Waals surface area (Å²) in [7, 11) is 0. The van der Waals surface area contributed by atoms with Gasteiger partial charge in [0.2, 0.25) is 0 Å². The maximum Gasteiger partial charge on any atom is 0.420 e. The highest BCUT2D eigenvalue weighted by atomic mass is 19.4. The highest BCUT2D eigenvalue weighted by molar-refractivity contribution is 5.89. The van der Waals surface area contributed by atoms with Crippen LogP contribution in [-0.4, -0.2) is 29.9 Å². The molecule has 4 nitrogen and oxygen atoms in total. The third-order valence-corrected chi connectivity index (χ3v) is 6.58. The Balaban J connectivity index is 1.62. The van der Waals surface area contributed by atoms with Gasteiger partial charge in [0.1, 0.15) is 11.3 Å². The Morgan fingerprint density at radius 1 is 0.944 bits per heavy atom. The second-order valence-corrected chi connectivity index (χ2v) is 9.36. The van der Waals surface area contributed by atoms with Crippen molar-refractivity contribution in [3.05, 3.63) is 41.5 Å². The van der Waals surface area contributed by atoms with E-state index in [1.165, 1.54) is 12.1 Å². The first-order chi connectivity index (χ1) is 16.9. The molecule has 2 aromatic rings. The van der Waals surface area contributed by atoms with Gasteiger partial charge in [0.05, 0.1) is 12.0 Å². The van der Waals surface area contributed by atoms with Crippen LogP contribution in [0.4, 0.5) is 26.3 Å². The largest absolute Gasteiger partial charge is 0.490 e. The summed E-state index contributed by atoms with van der Waals surface area (Å²) in [6.07, 6.45) is -6.44. The number of hydrogen-bond donors (Lipinski definition) is 2. The summed E-state index contributed by atoms with van der Waals surface area (Å²) in [4.78, 5) is 10.5. The molecular weight excluding hydrogens is 488 g/mol. The average molecular weight is 520 g/mol. The molecule has 1 saturated carbocycles. The van der Waals surface area contributed by atoms with Gasteiger partial charge in [-0.05, 0) is 73.5 Å². The van der Waals surface area contributed by atoms with E-state index in [1.54, 1.807) is 18.2 Å². The lowest BCUT2D eigenvalue weighted by molar-refractivity contribution is -0.185. The van der Waals surface area contributed by atoms with Crippen molar-refractivity contribution in [1.82, 2.24) is 5.32 Å². The quantitative estimate of drug-likeness (QED) is 0.239. The van der Waals surface area contributed by atoms with Crippen LogP contribution < -0.4 is 10.1 Å². The smallest absolute Gasteiger partial charge is 0.420 e. The Morgan fingerprint density at radius 2 is 1.64 bits per heavy atom. The Morgan fingerprint density at radius 3 is 2.28 bits per heavy atom. The first kappa shape index (κ1) is 28.1. The van der Waals surface area contributed by atoms with Gasteiger partial charge in [0.25, 0.3) is 0 Å². The van der Waals surface area contributed by atoms with E-state index in [4.69, 9.17) is 9.84 Å². The number of rotatable bonds is 11. The number of benzene rings is 2. The van der Waals surface area contributed by atoms with Crippen LogP contribution in [0.25, 0.3) is 10.8 Å². The van der Waals surface area contributed by atoms with Gasteiger partial charge < -0.3 is 15.2 Å². The van der Waals surface area contributed by atoms with Crippen molar-refractivity contribution in [1.29, 1.82) is 0 Å². The lowest BCUT2D eigenvalue weighted by Crippen LogP contribution is -2.32. The summed E-state index contributed by atoms with van der Waals surface area (Å²) in [6, 6.07) is 7.52. The molecule has 1 aliphatic rings.